The molecule has 0 saturated carbocycles. The second kappa shape index (κ2) is 6.79. The Labute approximate surface area is 145 Å². The lowest BCUT2D eigenvalue weighted by atomic mass is 9.68. The largest absolute Gasteiger partial charge is 0.507 e. The number of aliphatic hydroxyl groups is 1. The van der Waals surface area contributed by atoms with E-state index >= 15 is 0 Å². The molecule has 0 spiro atoms. The third-order valence-electron chi connectivity index (χ3n) is 5.68. The van der Waals surface area contributed by atoms with Gasteiger partial charge in [-0.25, -0.2) is 0 Å². The summed E-state index contributed by atoms with van der Waals surface area (Å²) in [6, 6.07) is 4.03. The summed E-state index contributed by atoms with van der Waals surface area (Å²) in [5.74, 6) is 1.63. The standard InChI is InChI=1S/C21H30O3/c1-4-5-6-7-14-11-18(23)20-16-10-15(13-22)8-9-17(16)21(2,3)24-19(20)12-14/h10-12,16-17,22-23H,4-9,13H2,1-3H3/t16-,17-/m0/s1. The van der Waals surface area contributed by atoms with Crippen molar-refractivity contribution in [1.29, 1.82) is 0 Å². The first-order valence-electron chi connectivity index (χ1n) is 9.31. The molecular weight excluding hydrogens is 300 g/mol. The van der Waals surface area contributed by atoms with E-state index in [1.54, 1.807) is 0 Å². The normalized spacial score (nSPS) is 24.6. The van der Waals surface area contributed by atoms with Crippen LogP contribution in [-0.2, 0) is 6.42 Å². The fourth-order valence-electron chi connectivity index (χ4n) is 4.34. The highest BCUT2D eigenvalue weighted by Crippen LogP contribution is 2.53. The number of hydrogen-bond acceptors (Lipinski definition) is 3. The van der Waals surface area contributed by atoms with Crippen LogP contribution in [0.25, 0.3) is 0 Å². The first-order valence-corrected chi connectivity index (χ1v) is 9.31. The molecule has 0 amide bonds. The second-order valence-electron chi connectivity index (χ2n) is 7.84. The zero-order valence-corrected chi connectivity index (χ0v) is 15.1. The summed E-state index contributed by atoms with van der Waals surface area (Å²) < 4.78 is 6.33. The van der Waals surface area contributed by atoms with E-state index in [-0.39, 0.29) is 18.1 Å². The summed E-state index contributed by atoms with van der Waals surface area (Å²) in [6.45, 7) is 6.60. The van der Waals surface area contributed by atoms with Crippen molar-refractivity contribution < 1.29 is 14.9 Å². The topological polar surface area (TPSA) is 49.7 Å². The highest BCUT2D eigenvalue weighted by molar-refractivity contribution is 5.54. The maximum atomic E-state index is 10.7. The van der Waals surface area contributed by atoms with Gasteiger partial charge < -0.3 is 14.9 Å². The van der Waals surface area contributed by atoms with Crippen molar-refractivity contribution in [2.24, 2.45) is 5.92 Å². The van der Waals surface area contributed by atoms with Gasteiger partial charge in [0.2, 0.25) is 0 Å². The van der Waals surface area contributed by atoms with E-state index in [9.17, 15) is 10.2 Å². The maximum Gasteiger partial charge on any atom is 0.127 e. The van der Waals surface area contributed by atoms with Crippen LogP contribution < -0.4 is 4.74 Å². The molecular formula is C21H30O3. The molecule has 0 bridgehead atoms. The summed E-state index contributed by atoms with van der Waals surface area (Å²) in [4.78, 5) is 0. The molecule has 0 radical (unpaired) electrons. The Kier molecular flexibility index (Phi) is 4.91. The Morgan fingerprint density at radius 3 is 2.75 bits per heavy atom. The monoisotopic (exact) mass is 330 g/mol. The maximum absolute atomic E-state index is 10.7. The Bertz CT molecular complexity index is 630. The van der Waals surface area contributed by atoms with Gasteiger partial charge in [0.1, 0.15) is 17.1 Å². The van der Waals surface area contributed by atoms with Gasteiger partial charge in [-0.1, -0.05) is 25.8 Å². The molecule has 24 heavy (non-hydrogen) atoms. The van der Waals surface area contributed by atoms with Crippen molar-refractivity contribution in [3.05, 3.63) is 34.9 Å². The van der Waals surface area contributed by atoms with Crippen LogP contribution >= 0.6 is 0 Å². The van der Waals surface area contributed by atoms with Gasteiger partial charge in [0, 0.05) is 17.4 Å². The van der Waals surface area contributed by atoms with Crippen LogP contribution in [0.2, 0.25) is 0 Å². The number of allylic oxidation sites excluding steroid dienone is 1. The van der Waals surface area contributed by atoms with Crippen molar-refractivity contribution in [1.82, 2.24) is 0 Å². The summed E-state index contributed by atoms with van der Waals surface area (Å²) in [6.07, 6.45) is 8.57. The summed E-state index contributed by atoms with van der Waals surface area (Å²) in [5, 5.41) is 20.2. The lowest BCUT2D eigenvalue weighted by molar-refractivity contribution is 0.0100. The van der Waals surface area contributed by atoms with Crippen LogP contribution in [0.5, 0.6) is 11.5 Å². The Morgan fingerprint density at radius 2 is 2.04 bits per heavy atom. The average Bonchev–Trinajstić information content (AvgIpc) is 2.53. The fourth-order valence-corrected chi connectivity index (χ4v) is 4.34. The molecule has 1 heterocycles. The molecule has 0 saturated heterocycles. The summed E-state index contributed by atoms with van der Waals surface area (Å²) in [7, 11) is 0. The number of phenols is 1. The van der Waals surface area contributed by atoms with Gasteiger partial charge in [-0.05, 0) is 62.8 Å². The van der Waals surface area contributed by atoms with E-state index in [1.165, 1.54) is 12.8 Å². The molecule has 2 N–H and O–H groups in total. The van der Waals surface area contributed by atoms with Crippen molar-refractivity contribution in [3.63, 3.8) is 0 Å². The van der Waals surface area contributed by atoms with E-state index in [0.717, 1.165) is 48.1 Å². The molecule has 132 valence electrons. The van der Waals surface area contributed by atoms with E-state index < -0.39 is 0 Å². The van der Waals surface area contributed by atoms with E-state index in [0.29, 0.717) is 11.7 Å². The third kappa shape index (κ3) is 3.19. The van der Waals surface area contributed by atoms with Gasteiger partial charge in [0.25, 0.3) is 0 Å². The van der Waals surface area contributed by atoms with Crippen LogP contribution in [-0.4, -0.2) is 22.4 Å². The van der Waals surface area contributed by atoms with Crippen LogP contribution in [0.15, 0.2) is 23.8 Å². The minimum atomic E-state index is -0.260. The molecule has 1 aromatic rings. The molecule has 1 aliphatic carbocycles. The van der Waals surface area contributed by atoms with E-state index in [1.807, 2.05) is 6.07 Å². The van der Waals surface area contributed by atoms with Gasteiger partial charge in [-0.3, -0.25) is 0 Å². The van der Waals surface area contributed by atoms with Crippen molar-refractivity contribution in [2.75, 3.05) is 6.61 Å². The Balaban J connectivity index is 1.99. The predicted octanol–water partition coefficient (Wildman–Crippen LogP) is 4.71. The molecule has 1 aliphatic heterocycles. The average molecular weight is 330 g/mol. The second-order valence-corrected chi connectivity index (χ2v) is 7.84. The van der Waals surface area contributed by atoms with Gasteiger partial charge in [-0.15, -0.1) is 0 Å². The number of aromatic hydroxyl groups is 1. The van der Waals surface area contributed by atoms with Crippen LogP contribution in [0.1, 0.15) is 69.9 Å². The van der Waals surface area contributed by atoms with Gasteiger partial charge in [-0.2, -0.15) is 0 Å². The minimum Gasteiger partial charge on any atom is -0.507 e. The molecule has 1 aromatic carbocycles. The van der Waals surface area contributed by atoms with Gasteiger partial charge in [0.05, 0.1) is 6.61 Å². The molecule has 0 aromatic heterocycles. The third-order valence-corrected chi connectivity index (χ3v) is 5.68. The molecule has 3 heteroatoms. The number of hydrogen-bond donors (Lipinski definition) is 2. The highest BCUT2D eigenvalue weighted by atomic mass is 16.5. The number of fused-ring (bicyclic) bond motifs is 3. The fraction of sp³-hybridized carbons (Fsp3) is 0.619. The smallest absolute Gasteiger partial charge is 0.127 e. The van der Waals surface area contributed by atoms with Crippen molar-refractivity contribution in [3.8, 4) is 11.5 Å². The number of aliphatic hydroxyl groups excluding tert-OH is 1. The number of aryl methyl sites for hydroxylation is 1. The SMILES string of the molecule is CCCCCc1cc(O)c2c(c1)OC(C)(C)[C@H]1CCC(CO)=C[C@H]21. The van der Waals surface area contributed by atoms with Crippen molar-refractivity contribution in [2.45, 2.75) is 70.8 Å². The first kappa shape index (κ1) is 17.3. The Morgan fingerprint density at radius 1 is 1.25 bits per heavy atom. The van der Waals surface area contributed by atoms with Crippen LogP contribution in [0.4, 0.5) is 0 Å². The first-order chi connectivity index (χ1) is 11.5. The molecule has 2 aliphatic rings. The molecule has 0 unspecified atom stereocenters. The quantitative estimate of drug-likeness (QED) is 0.607. The zero-order valence-electron chi connectivity index (χ0n) is 15.1. The lowest BCUT2D eigenvalue weighted by Gasteiger charge is -2.46. The predicted molar refractivity (Wildman–Crippen MR) is 96.7 cm³/mol. The highest BCUT2D eigenvalue weighted by Gasteiger charge is 2.45. The van der Waals surface area contributed by atoms with Crippen LogP contribution in [0.3, 0.4) is 0 Å². The minimum absolute atomic E-state index is 0.107. The molecule has 0 fully saturated rings. The van der Waals surface area contributed by atoms with Gasteiger partial charge in [0.15, 0.2) is 0 Å². The van der Waals surface area contributed by atoms with E-state index in [4.69, 9.17) is 4.74 Å². The zero-order chi connectivity index (χ0) is 17.3. The Hall–Kier alpha value is -1.48. The van der Waals surface area contributed by atoms with E-state index in [2.05, 4.69) is 32.9 Å². The molecule has 3 rings (SSSR count). The van der Waals surface area contributed by atoms with Gasteiger partial charge >= 0.3 is 0 Å². The summed E-state index contributed by atoms with van der Waals surface area (Å²) in [5.41, 5.74) is 2.87. The summed E-state index contributed by atoms with van der Waals surface area (Å²) >= 11 is 0. The van der Waals surface area contributed by atoms with Crippen LogP contribution in [0, 0.1) is 5.92 Å². The number of benzene rings is 1. The number of rotatable bonds is 5. The van der Waals surface area contributed by atoms with Crippen molar-refractivity contribution >= 4 is 0 Å². The molecule has 2 atom stereocenters. The number of unbranched alkanes of at least 4 members (excludes halogenated alkanes) is 2. The number of phenolic OH excluding ortho intramolecular Hbond substituents is 1. The molecule has 3 nitrogen and oxygen atoms in total. The lowest BCUT2D eigenvalue weighted by Crippen LogP contribution is -2.45. The number of ether oxygens (including phenoxy) is 1.